The minimum atomic E-state index is -0.764. The van der Waals surface area contributed by atoms with Gasteiger partial charge in [-0.1, -0.05) is 63.5 Å². The summed E-state index contributed by atoms with van der Waals surface area (Å²) in [6, 6.07) is 0. The molecule has 2 rings (SSSR count). The standard InChI is InChI=1S/C23H36O4/c1-4-5-7-15(2)14-17(24)10-11-20-21(25)13-12-19-18(16(3)23(19)20)8-6-9-22(26)27/h8,15-17,19-21,23-25H,4-7,9,12-14H2,1-3H3,(H,26,27)/t15-,16?,17?,19+,20-,21+,23-/m0/s1. The second-order valence-electron chi connectivity index (χ2n) is 8.57. The van der Waals surface area contributed by atoms with Gasteiger partial charge in [0.15, 0.2) is 0 Å². The van der Waals surface area contributed by atoms with Gasteiger partial charge in [-0.05, 0) is 49.4 Å². The van der Waals surface area contributed by atoms with Crippen LogP contribution in [-0.2, 0) is 4.79 Å². The molecule has 0 aliphatic heterocycles. The van der Waals surface area contributed by atoms with Crippen LogP contribution in [0.2, 0.25) is 0 Å². The lowest BCUT2D eigenvalue weighted by Gasteiger charge is -2.53. The Kier molecular flexibility index (Phi) is 8.38. The molecule has 0 saturated heterocycles. The van der Waals surface area contributed by atoms with Gasteiger partial charge >= 0.3 is 5.97 Å². The summed E-state index contributed by atoms with van der Waals surface area (Å²) in [5.41, 5.74) is 1.34. The molecule has 0 aromatic carbocycles. The van der Waals surface area contributed by atoms with Crippen molar-refractivity contribution in [3.05, 3.63) is 11.6 Å². The zero-order chi connectivity index (χ0) is 20.0. The van der Waals surface area contributed by atoms with Gasteiger partial charge in [0.05, 0.1) is 12.0 Å². The Morgan fingerprint density at radius 1 is 1.37 bits per heavy atom. The molecule has 2 saturated carbocycles. The molecule has 0 aromatic heterocycles. The maximum absolute atomic E-state index is 10.7. The van der Waals surface area contributed by atoms with Gasteiger partial charge in [0, 0.05) is 6.42 Å². The highest BCUT2D eigenvalue weighted by Crippen LogP contribution is 2.55. The zero-order valence-electron chi connectivity index (χ0n) is 17.0. The van der Waals surface area contributed by atoms with Crippen LogP contribution in [0.3, 0.4) is 0 Å². The van der Waals surface area contributed by atoms with E-state index in [0.29, 0.717) is 36.5 Å². The normalized spacial score (nSPS) is 33.4. The van der Waals surface area contributed by atoms with Crippen molar-refractivity contribution in [2.45, 2.75) is 84.3 Å². The van der Waals surface area contributed by atoms with Crippen LogP contribution in [0.15, 0.2) is 11.6 Å². The van der Waals surface area contributed by atoms with Crippen LogP contribution in [0.4, 0.5) is 0 Å². The molecule has 2 aliphatic rings. The molecule has 27 heavy (non-hydrogen) atoms. The highest BCUT2D eigenvalue weighted by Gasteiger charge is 2.50. The molecular formula is C23H36O4. The Balaban J connectivity index is 1.96. The van der Waals surface area contributed by atoms with Crippen LogP contribution < -0.4 is 0 Å². The van der Waals surface area contributed by atoms with E-state index in [1.54, 1.807) is 0 Å². The maximum Gasteiger partial charge on any atom is 0.303 e. The maximum atomic E-state index is 10.7. The first kappa shape index (κ1) is 22.0. The molecule has 0 heterocycles. The second kappa shape index (κ2) is 10.3. The van der Waals surface area contributed by atoms with Crippen LogP contribution >= 0.6 is 0 Å². The average molecular weight is 377 g/mol. The van der Waals surface area contributed by atoms with E-state index in [0.717, 1.165) is 19.3 Å². The molecule has 2 fully saturated rings. The zero-order valence-corrected chi connectivity index (χ0v) is 17.0. The smallest absolute Gasteiger partial charge is 0.303 e. The van der Waals surface area contributed by atoms with E-state index in [-0.39, 0.29) is 12.3 Å². The minimum absolute atomic E-state index is 0.0871. The predicted molar refractivity (Wildman–Crippen MR) is 107 cm³/mol. The largest absolute Gasteiger partial charge is 0.481 e. The number of aliphatic hydroxyl groups is 2. The van der Waals surface area contributed by atoms with Gasteiger partial charge in [-0.15, -0.1) is 0 Å². The molecule has 4 heteroatoms. The topological polar surface area (TPSA) is 77.8 Å². The highest BCUT2D eigenvalue weighted by molar-refractivity contribution is 5.66. The number of carboxylic acids is 1. The van der Waals surface area contributed by atoms with Crippen molar-refractivity contribution in [1.29, 1.82) is 0 Å². The Morgan fingerprint density at radius 3 is 2.78 bits per heavy atom. The van der Waals surface area contributed by atoms with Gasteiger partial charge in [0.2, 0.25) is 0 Å². The van der Waals surface area contributed by atoms with Crippen molar-refractivity contribution in [2.24, 2.45) is 29.6 Å². The molecule has 0 bridgehead atoms. The van der Waals surface area contributed by atoms with Gasteiger partial charge in [-0.25, -0.2) is 0 Å². The van der Waals surface area contributed by atoms with E-state index >= 15 is 0 Å². The monoisotopic (exact) mass is 376 g/mol. The Bertz CT molecular complexity index is 585. The van der Waals surface area contributed by atoms with Crippen molar-refractivity contribution < 1.29 is 20.1 Å². The second-order valence-corrected chi connectivity index (χ2v) is 8.57. The number of carboxylic acid groups (broad SMARTS) is 1. The number of allylic oxidation sites excluding steroid dienone is 2. The fourth-order valence-corrected chi connectivity index (χ4v) is 4.91. The molecule has 4 nitrogen and oxygen atoms in total. The van der Waals surface area contributed by atoms with Crippen molar-refractivity contribution in [3.63, 3.8) is 0 Å². The van der Waals surface area contributed by atoms with Gasteiger partial charge in [-0.3, -0.25) is 4.79 Å². The first-order valence-corrected chi connectivity index (χ1v) is 10.6. The third kappa shape index (κ3) is 5.83. The lowest BCUT2D eigenvalue weighted by molar-refractivity contribution is -0.136. The Morgan fingerprint density at radius 2 is 2.11 bits per heavy atom. The molecule has 0 amide bonds. The number of unbranched alkanes of at least 4 members (excludes halogenated alkanes) is 1. The van der Waals surface area contributed by atoms with Crippen LogP contribution in [0, 0.1) is 41.4 Å². The van der Waals surface area contributed by atoms with E-state index in [4.69, 9.17) is 5.11 Å². The van der Waals surface area contributed by atoms with Crippen LogP contribution in [0.25, 0.3) is 0 Å². The van der Waals surface area contributed by atoms with Crippen molar-refractivity contribution in [2.75, 3.05) is 0 Å². The summed E-state index contributed by atoms with van der Waals surface area (Å²) in [5.74, 6) is 6.91. The Labute approximate surface area is 164 Å². The van der Waals surface area contributed by atoms with Gasteiger partial charge in [0.25, 0.3) is 0 Å². The molecule has 7 atom stereocenters. The molecule has 2 aliphatic carbocycles. The number of rotatable bonds is 8. The third-order valence-electron chi connectivity index (χ3n) is 6.43. The van der Waals surface area contributed by atoms with E-state index in [9.17, 15) is 15.0 Å². The molecule has 0 aromatic rings. The van der Waals surface area contributed by atoms with Gasteiger partial charge < -0.3 is 15.3 Å². The fraction of sp³-hybridized carbons (Fsp3) is 0.783. The first-order valence-electron chi connectivity index (χ1n) is 10.6. The van der Waals surface area contributed by atoms with Gasteiger partial charge in [-0.2, -0.15) is 0 Å². The predicted octanol–water partition coefficient (Wildman–Crippen LogP) is 4.01. The summed E-state index contributed by atoms with van der Waals surface area (Å²) >= 11 is 0. The fourth-order valence-electron chi connectivity index (χ4n) is 4.91. The highest BCUT2D eigenvalue weighted by atomic mass is 16.4. The van der Waals surface area contributed by atoms with Crippen molar-refractivity contribution >= 4 is 5.97 Å². The van der Waals surface area contributed by atoms with Crippen LogP contribution in [-0.4, -0.2) is 33.5 Å². The Hall–Kier alpha value is -1.31. The summed E-state index contributed by atoms with van der Waals surface area (Å²) < 4.78 is 0. The minimum Gasteiger partial charge on any atom is -0.481 e. The van der Waals surface area contributed by atoms with Crippen LogP contribution in [0.5, 0.6) is 0 Å². The number of hydrogen-bond acceptors (Lipinski definition) is 3. The number of carbonyl (C=O) groups is 1. The summed E-state index contributed by atoms with van der Waals surface area (Å²) in [5, 5.41) is 29.6. The lowest BCUT2D eigenvalue weighted by atomic mass is 9.51. The SMILES string of the molecule is CCCC[C@H](C)CC(O)C#C[C@@H]1[C@H]2C(C)C(=CCCC(=O)O)[C@H]2CC[C@H]1O. The number of aliphatic hydroxyl groups excluding tert-OH is 2. The third-order valence-corrected chi connectivity index (χ3v) is 6.43. The van der Waals surface area contributed by atoms with Crippen molar-refractivity contribution in [1.82, 2.24) is 0 Å². The average Bonchev–Trinajstić information content (AvgIpc) is 2.62. The molecule has 3 N–H and O–H groups in total. The van der Waals surface area contributed by atoms with Crippen molar-refractivity contribution in [3.8, 4) is 11.8 Å². The summed E-state index contributed by atoms with van der Waals surface area (Å²) in [4.78, 5) is 10.7. The summed E-state index contributed by atoms with van der Waals surface area (Å²) in [6.07, 6.45) is 7.63. The number of fused-ring (bicyclic) bond motifs is 1. The van der Waals surface area contributed by atoms with E-state index in [2.05, 4.69) is 38.7 Å². The lowest BCUT2D eigenvalue weighted by Crippen LogP contribution is -2.50. The number of hydrogen-bond donors (Lipinski definition) is 3. The molecular weight excluding hydrogens is 340 g/mol. The molecule has 0 spiro atoms. The number of aliphatic carboxylic acids is 1. The van der Waals surface area contributed by atoms with Gasteiger partial charge in [0.1, 0.15) is 6.10 Å². The van der Waals surface area contributed by atoms with Crippen LogP contribution in [0.1, 0.15) is 72.1 Å². The van der Waals surface area contributed by atoms with E-state index in [1.165, 1.54) is 18.4 Å². The van der Waals surface area contributed by atoms with E-state index in [1.807, 2.05) is 0 Å². The quantitative estimate of drug-likeness (QED) is 0.442. The summed E-state index contributed by atoms with van der Waals surface area (Å²) in [6.45, 7) is 6.49. The summed E-state index contributed by atoms with van der Waals surface area (Å²) in [7, 11) is 0. The molecule has 0 radical (unpaired) electrons. The van der Waals surface area contributed by atoms with E-state index < -0.39 is 18.2 Å². The molecule has 152 valence electrons. The first-order chi connectivity index (χ1) is 12.8. The molecule has 2 unspecified atom stereocenters.